The number of aromatic nitrogens is 4. The standard InChI is InChI=1S/C26H28N6O4/c1-16-6-8-19(9-7-16)15-31(10-4-5-22(33)30-36)11-12-32-21-14-18(3)17(2)13-20(21)27-23-24(32)28-26(35)29-25(23)34/h4,6-10,13-14,36H,5,11-12,15H2,1-3H3,(H,30,33)(H,29,34,35)/b10-4+. The van der Waals surface area contributed by atoms with Gasteiger partial charge < -0.3 is 9.47 Å². The molecule has 0 spiro atoms. The molecule has 4 rings (SSSR count). The lowest BCUT2D eigenvalue weighted by atomic mass is 10.1. The molecule has 10 nitrogen and oxygen atoms in total. The first-order valence-electron chi connectivity index (χ1n) is 11.6. The molecule has 2 aliphatic heterocycles. The lowest BCUT2D eigenvalue weighted by molar-refractivity contribution is -0.128. The van der Waals surface area contributed by atoms with Crippen molar-refractivity contribution in [2.45, 2.75) is 40.3 Å². The number of hydrogen-bond acceptors (Lipinski definition) is 7. The van der Waals surface area contributed by atoms with E-state index in [9.17, 15) is 14.4 Å². The highest BCUT2D eigenvalue weighted by Gasteiger charge is 2.19. The number of carbonyl (C=O) groups excluding carboxylic acids is 1. The summed E-state index contributed by atoms with van der Waals surface area (Å²) >= 11 is 0. The zero-order valence-corrected chi connectivity index (χ0v) is 20.4. The summed E-state index contributed by atoms with van der Waals surface area (Å²) in [6.07, 6.45) is 3.49. The first-order chi connectivity index (χ1) is 17.2. The number of H-pyrrole nitrogens is 1. The van der Waals surface area contributed by atoms with Crippen LogP contribution in [-0.4, -0.2) is 42.1 Å². The van der Waals surface area contributed by atoms with Crippen molar-refractivity contribution < 1.29 is 10.0 Å². The largest absolute Gasteiger partial charge is 0.372 e. The molecule has 0 saturated heterocycles. The third kappa shape index (κ3) is 5.49. The average Bonchev–Trinajstić information content (AvgIpc) is 2.84. The summed E-state index contributed by atoms with van der Waals surface area (Å²) in [7, 11) is 0. The van der Waals surface area contributed by atoms with Gasteiger partial charge in [-0.05, 0) is 55.8 Å². The SMILES string of the molecule is Cc1ccc(CN(/C=C/CC(=O)NO)CCn2c3nc(=O)[nH]c(=O)c-3nc3cc(C)c(C)cc32)cc1. The number of benzene rings is 2. The molecule has 186 valence electrons. The van der Waals surface area contributed by atoms with Crippen molar-refractivity contribution in [3.8, 4) is 11.5 Å². The monoisotopic (exact) mass is 488 g/mol. The molecule has 0 fully saturated rings. The highest BCUT2D eigenvalue weighted by Crippen LogP contribution is 2.24. The Labute approximate surface area is 207 Å². The predicted octanol–water partition coefficient (Wildman–Crippen LogP) is 2.42. The number of aryl methyl sites for hydroxylation is 3. The van der Waals surface area contributed by atoms with E-state index in [0.29, 0.717) is 25.2 Å². The molecule has 0 bridgehead atoms. The molecular formula is C26H28N6O4. The van der Waals surface area contributed by atoms with Gasteiger partial charge in [0.15, 0.2) is 11.5 Å². The van der Waals surface area contributed by atoms with Gasteiger partial charge in [0.25, 0.3) is 5.56 Å². The van der Waals surface area contributed by atoms with Gasteiger partial charge in [-0.15, -0.1) is 0 Å². The van der Waals surface area contributed by atoms with Gasteiger partial charge >= 0.3 is 5.69 Å². The summed E-state index contributed by atoms with van der Waals surface area (Å²) in [6.45, 7) is 7.44. The molecule has 2 aliphatic rings. The van der Waals surface area contributed by atoms with E-state index in [-0.39, 0.29) is 17.9 Å². The van der Waals surface area contributed by atoms with Crippen LogP contribution < -0.4 is 16.7 Å². The molecular weight excluding hydrogens is 460 g/mol. The number of rotatable bonds is 8. The number of hydroxylamine groups is 1. The minimum absolute atomic E-state index is 0.0180. The van der Waals surface area contributed by atoms with Crippen LogP contribution in [0, 0.1) is 20.8 Å². The molecule has 0 aromatic heterocycles. The molecule has 0 saturated carbocycles. The number of nitrogens with zero attached hydrogens (tertiary/aromatic N) is 4. The Morgan fingerprint density at radius 3 is 2.56 bits per heavy atom. The van der Waals surface area contributed by atoms with E-state index >= 15 is 0 Å². The number of amides is 1. The second-order valence-electron chi connectivity index (χ2n) is 8.81. The van der Waals surface area contributed by atoms with Crippen molar-refractivity contribution in [3.63, 3.8) is 0 Å². The van der Waals surface area contributed by atoms with E-state index in [1.807, 2.05) is 66.6 Å². The van der Waals surface area contributed by atoms with Crippen molar-refractivity contribution >= 4 is 16.9 Å². The summed E-state index contributed by atoms with van der Waals surface area (Å²) in [5.41, 5.74) is 6.15. The van der Waals surface area contributed by atoms with Crippen molar-refractivity contribution in [1.82, 2.24) is 29.9 Å². The van der Waals surface area contributed by atoms with Gasteiger partial charge in [0.2, 0.25) is 5.91 Å². The molecule has 0 radical (unpaired) electrons. The third-order valence-corrected chi connectivity index (χ3v) is 6.09. The van der Waals surface area contributed by atoms with E-state index in [1.165, 1.54) is 0 Å². The molecule has 1 amide bonds. The first-order valence-corrected chi connectivity index (χ1v) is 11.6. The molecule has 10 heteroatoms. The Balaban J connectivity index is 1.73. The molecule has 0 atom stereocenters. The fourth-order valence-electron chi connectivity index (χ4n) is 3.99. The number of aromatic amines is 1. The van der Waals surface area contributed by atoms with Crippen LogP contribution in [0.4, 0.5) is 0 Å². The zero-order valence-electron chi connectivity index (χ0n) is 20.4. The van der Waals surface area contributed by atoms with Gasteiger partial charge in [-0.1, -0.05) is 35.9 Å². The second kappa shape index (κ2) is 10.5. The summed E-state index contributed by atoms with van der Waals surface area (Å²) in [6, 6.07) is 12.0. The molecule has 3 N–H and O–H groups in total. The quantitative estimate of drug-likeness (QED) is 0.197. The molecule has 2 heterocycles. The normalized spacial score (nSPS) is 11.4. The van der Waals surface area contributed by atoms with Crippen LogP contribution in [0.15, 0.2) is 58.3 Å². The van der Waals surface area contributed by atoms with Crippen LogP contribution in [0.25, 0.3) is 22.6 Å². The topological polar surface area (TPSA) is 133 Å². The predicted molar refractivity (Wildman–Crippen MR) is 136 cm³/mol. The van der Waals surface area contributed by atoms with Crippen LogP contribution in [0.3, 0.4) is 0 Å². The third-order valence-electron chi connectivity index (χ3n) is 6.09. The van der Waals surface area contributed by atoms with Crippen molar-refractivity contribution in [3.05, 3.63) is 91.8 Å². The maximum Gasteiger partial charge on any atom is 0.349 e. The van der Waals surface area contributed by atoms with E-state index in [1.54, 1.807) is 17.8 Å². The minimum Gasteiger partial charge on any atom is -0.372 e. The van der Waals surface area contributed by atoms with Gasteiger partial charge in [-0.25, -0.2) is 15.3 Å². The fraction of sp³-hybridized carbons (Fsp3) is 0.269. The molecule has 0 aliphatic carbocycles. The van der Waals surface area contributed by atoms with E-state index in [0.717, 1.165) is 27.8 Å². The van der Waals surface area contributed by atoms with E-state index in [4.69, 9.17) is 5.21 Å². The zero-order chi connectivity index (χ0) is 25.8. The maximum absolute atomic E-state index is 12.5. The van der Waals surface area contributed by atoms with Crippen molar-refractivity contribution in [1.29, 1.82) is 0 Å². The van der Waals surface area contributed by atoms with Crippen molar-refractivity contribution in [2.75, 3.05) is 6.54 Å². The highest BCUT2D eigenvalue weighted by molar-refractivity contribution is 5.81. The van der Waals surface area contributed by atoms with E-state index in [2.05, 4.69) is 15.0 Å². The Bertz CT molecular complexity index is 1520. The smallest absolute Gasteiger partial charge is 0.349 e. The minimum atomic E-state index is -0.724. The Hall–Kier alpha value is -4.31. The highest BCUT2D eigenvalue weighted by atomic mass is 16.5. The van der Waals surface area contributed by atoms with Gasteiger partial charge in [-0.3, -0.25) is 19.8 Å². The van der Waals surface area contributed by atoms with Gasteiger partial charge in [0, 0.05) is 26.1 Å². The van der Waals surface area contributed by atoms with Gasteiger partial charge in [0.05, 0.1) is 11.0 Å². The maximum atomic E-state index is 12.5. The van der Waals surface area contributed by atoms with Crippen LogP contribution in [-0.2, 0) is 17.9 Å². The number of hydrogen-bond donors (Lipinski definition) is 3. The van der Waals surface area contributed by atoms with Gasteiger partial charge in [-0.2, -0.15) is 4.98 Å². The summed E-state index contributed by atoms with van der Waals surface area (Å²) in [5, 5.41) is 8.78. The Morgan fingerprint density at radius 1 is 1.11 bits per heavy atom. The van der Waals surface area contributed by atoms with Crippen LogP contribution >= 0.6 is 0 Å². The first kappa shape index (κ1) is 24.8. The number of fused-ring (bicyclic) bond motifs is 2. The average molecular weight is 489 g/mol. The summed E-state index contributed by atoms with van der Waals surface area (Å²) in [4.78, 5) is 48.9. The van der Waals surface area contributed by atoms with Crippen molar-refractivity contribution in [2.24, 2.45) is 0 Å². The second-order valence-corrected chi connectivity index (χ2v) is 8.81. The molecule has 2 aromatic rings. The Kier molecular flexibility index (Phi) is 7.25. The molecule has 36 heavy (non-hydrogen) atoms. The number of nitrogens with one attached hydrogen (secondary N) is 2. The molecule has 2 aromatic carbocycles. The molecule has 0 unspecified atom stereocenters. The number of carbonyl (C=O) groups is 1. The lowest BCUT2D eigenvalue weighted by Gasteiger charge is -2.24. The summed E-state index contributed by atoms with van der Waals surface area (Å²) in [5.74, 6) is -0.294. The Morgan fingerprint density at radius 2 is 1.83 bits per heavy atom. The fourth-order valence-corrected chi connectivity index (χ4v) is 3.99. The van der Waals surface area contributed by atoms with E-state index < -0.39 is 17.2 Å². The lowest BCUT2D eigenvalue weighted by Crippen LogP contribution is -2.30. The summed E-state index contributed by atoms with van der Waals surface area (Å²) < 4.78 is 1.84. The van der Waals surface area contributed by atoms with Crippen LogP contribution in [0.2, 0.25) is 0 Å². The van der Waals surface area contributed by atoms with Gasteiger partial charge in [0.1, 0.15) is 0 Å². The van der Waals surface area contributed by atoms with Crippen LogP contribution in [0.1, 0.15) is 28.7 Å². The van der Waals surface area contributed by atoms with Crippen LogP contribution in [0.5, 0.6) is 0 Å².